The molecule has 0 spiro atoms. The number of para-hydroxylation sites is 1. The number of aromatic nitrogens is 2. The van der Waals surface area contributed by atoms with E-state index >= 15 is 0 Å². The molecule has 0 aliphatic carbocycles. The first-order chi connectivity index (χ1) is 10.3. The molecule has 2 rings (SSSR count). The topological polar surface area (TPSA) is 54.9 Å². The zero-order valence-corrected chi connectivity index (χ0v) is 12.8. The average Bonchev–Trinajstić information content (AvgIpc) is 2.46. The Kier molecular flexibility index (Phi) is 4.90. The van der Waals surface area contributed by atoms with Crippen molar-refractivity contribution in [2.45, 2.75) is 30.3 Å². The highest BCUT2D eigenvalue weighted by molar-refractivity contribution is 8.00. The van der Waals surface area contributed by atoms with Gasteiger partial charge in [-0.25, -0.2) is 9.97 Å². The minimum absolute atomic E-state index is 0.150. The Labute approximate surface area is 129 Å². The summed E-state index contributed by atoms with van der Waals surface area (Å²) >= 11 is 0.988. The smallest absolute Gasteiger partial charge is 0.355 e. The maximum absolute atomic E-state index is 12.9. The fourth-order valence-corrected chi connectivity index (χ4v) is 2.77. The van der Waals surface area contributed by atoms with E-state index in [1.807, 2.05) is 0 Å². The van der Waals surface area contributed by atoms with Gasteiger partial charge in [0.05, 0.1) is 10.8 Å². The second-order valence-corrected chi connectivity index (χ2v) is 5.85. The van der Waals surface area contributed by atoms with Gasteiger partial charge in [0.1, 0.15) is 5.03 Å². The highest BCUT2D eigenvalue weighted by Gasteiger charge is 2.35. The Bertz CT molecular complexity index is 691. The third-order valence-corrected chi connectivity index (χ3v) is 3.93. The Morgan fingerprint density at radius 1 is 1.32 bits per heavy atom. The van der Waals surface area contributed by atoms with Gasteiger partial charge >= 0.3 is 6.18 Å². The molecule has 1 aromatic heterocycles. The molecular formula is C14H14F3N3OS. The van der Waals surface area contributed by atoms with E-state index in [2.05, 4.69) is 15.3 Å². The number of amides is 1. The van der Waals surface area contributed by atoms with Gasteiger partial charge in [0.2, 0.25) is 11.7 Å². The van der Waals surface area contributed by atoms with Crippen LogP contribution >= 0.6 is 11.8 Å². The van der Waals surface area contributed by atoms with Gasteiger partial charge in [-0.05, 0) is 19.9 Å². The lowest BCUT2D eigenvalue weighted by atomic mass is 10.2. The molecule has 4 nitrogen and oxygen atoms in total. The standard InChI is InChI=1S/C14H14F3N3OS/c1-3-18-11(21)8(2)22-12-9-6-4-5-7-10(9)19-13(20-12)14(15,16)17/h4-8H,3H2,1-2H3,(H,18,21)/t8-/m0/s1. The number of nitrogens with one attached hydrogen (secondary N) is 1. The van der Waals surface area contributed by atoms with Gasteiger partial charge in [0, 0.05) is 11.9 Å². The number of carbonyl (C=O) groups is 1. The van der Waals surface area contributed by atoms with Crippen molar-refractivity contribution < 1.29 is 18.0 Å². The predicted molar refractivity (Wildman–Crippen MR) is 78.5 cm³/mol. The number of hydrogen-bond acceptors (Lipinski definition) is 4. The quantitative estimate of drug-likeness (QED) is 0.691. The van der Waals surface area contributed by atoms with Gasteiger partial charge in [-0.15, -0.1) is 0 Å². The number of benzene rings is 1. The van der Waals surface area contributed by atoms with Crippen molar-refractivity contribution in [1.29, 1.82) is 0 Å². The third-order valence-electron chi connectivity index (χ3n) is 2.83. The van der Waals surface area contributed by atoms with E-state index in [4.69, 9.17) is 0 Å². The minimum atomic E-state index is -4.63. The summed E-state index contributed by atoms with van der Waals surface area (Å²) in [5.74, 6) is -1.44. The summed E-state index contributed by atoms with van der Waals surface area (Å²) in [5.41, 5.74) is 0.204. The molecule has 8 heteroatoms. The van der Waals surface area contributed by atoms with Gasteiger partial charge in [-0.2, -0.15) is 13.2 Å². The van der Waals surface area contributed by atoms with Crippen LogP contribution in [-0.4, -0.2) is 27.7 Å². The molecule has 1 amide bonds. The van der Waals surface area contributed by atoms with Crippen molar-refractivity contribution in [3.8, 4) is 0 Å². The molecule has 0 bridgehead atoms. The molecule has 1 heterocycles. The first-order valence-corrected chi connectivity index (χ1v) is 7.49. The van der Waals surface area contributed by atoms with E-state index in [-0.39, 0.29) is 16.4 Å². The summed E-state index contributed by atoms with van der Waals surface area (Å²) in [7, 11) is 0. The predicted octanol–water partition coefficient (Wildman–Crippen LogP) is 3.27. The van der Waals surface area contributed by atoms with E-state index in [1.165, 1.54) is 6.07 Å². The molecular weight excluding hydrogens is 315 g/mol. The molecule has 1 atom stereocenters. The Morgan fingerprint density at radius 3 is 2.64 bits per heavy atom. The molecule has 2 aromatic rings. The zero-order valence-electron chi connectivity index (χ0n) is 11.9. The molecule has 22 heavy (non-hydrogen) atoms. The van der Waals surface area contributed by atoms with Crippen LogP contribution in [0.4, 0.5) is 13.2 Å². The first-order valence-electron chi connectivity index (χ1n) is 6.61. The summed E-state index contributed by atoms with van der Waals surface area (Å²) < 4.78 is 38.7. The highest BCUT2D eigenvalue weighted by Crippen LogP contribution is 2.33. The van der Waals surface area contributed by atoms with Crippen LogP contribution in [0.3, 0.4) is 0 Å². The summed E-state index contributed by atoms with van der Waals surface area (Å²) in [6.07, 6.45) is -4.63. The van der Waals surface area contributed by atoms with Gasteiger partial charge in [-0.3, -0.25) is 4.79 Å². The van der Waals surface area contributed by atoms with Gasteiger partial charge in [0.25, 0.3) is 0 Å². The molecule has 0 saturated heterocycles. The Balaban J connectivity index is 2.45. The lowest BCUT2D eigenvalue weighted by molar-refractivity contribution is -0.145. The van der Waals surface area contributed by atoms with E-state index < -0.39 is 17.3 Å². The fraction of sp³-hybridized carbons (Fsp3) is 0.357. The lowest BCUT2D eigenvalue weighted by Crippen LogP contribution is -2.30. The van der Waals surface area contributed by atoms with Crippen LogP contribution in [-0.2, 0) is 11.0 Å². The summed E-state index contributed by atoms with van der Waals surface area (Å²) in [4.78, 5) is 18.9. The second kappa shape index (κ2) is 6.51. The maximum atomic E-state index is 12.9. The minimum Gasteiger partial charge on any atom is -0.355 e. The number of carbonyl (C=O) groups excluding carboxylic acids is 1. The second-order valence-electron chi connectivity index (χ2n) is 4.52. The third kappa shape index (κ3) is 3.68. The fourth-order valence-electron chi connectivity index (χ4n) is 1.80. The van der Waals surface area contributed by atoms with Crippen LogP contribution < -0.4 is 5.32 Å². The van der Waals surface area contributed by atoms with Crippen LogP contribution in [0.5, 0.6) is 0 Å². The number of nitrogens with zero attached hydrogens (tertiary/aromatic N) is 2. The van der Waals surface area contributed by atoms with Crippen molar-refractivity contribution in [1.82, 2.24) is 15.3 Å². The summed E-state index contributed by atoms with van der Waals surface area (Å²) in [6.45, 7) is 3.86. The molecule has 0 radical (unpaired) electrons. The maximum Gasteiger partial charge on any atom is 0.451 e. The van der Waals surface area contributed by atoms with E-state index in [9.17, 15) is 18.0 Å². The molecule has 1 N–H and O–H groups in total. The lowest BCUT2D eigenvalue weighted by Gasteiger charge is -2.13. The van der Waals surface area contributed by atoms with Crippen LogP contribution in [0.2, 0.25) is 0 Å². The average molecular weight is 329 g/mol. The van der Waals surface area contributed by atoms with Gasteiger partial charge in [-0.1, -0.05) is 30.0 Å². The van der Waals surface area contributed by atoms with Crippen molar-refractivity contribution in [2.24, 2.45) is 0 Å². The van der Waals surface area contributed by atoms with Crippen molar-refractivity contribution in [3.63, 3.8) is 0 Å². The van der Waals surface area contributed by atoms with E-state index in [1.54, 1.807) is 32.0 Å². The Morgan fingerprint density at radius 2 is 2.00 bits per heavy atom. The number of halogens is 3. The molecule has 1 aromatic carbocycles. The molecule has 0 saturated carbocycles. The van der Waals surface area contributed by atoms with E-state index in [0.29, 0.717) is 11.9 Å². The number of alkyl halides is 3. The van der Waals surface area contributed by atoms with Crippen molar-refractivity contribution in [2.75, 3.05) is 6.54 Å². The van der Waals surface area contributed by atoms with Crippen LogP contribution in [0.1, 0.15) is 19.7 Å². The van der Waals surface area contributed by atoms with E-state index in [0.717, 1.165) is 11.8 Å². The zero-order chi connectivity index (χ0) is 16.3. The van der Waals surface area contributed by atoms with Gasteiger partial charge in [0.15, 0.2) is 0 Å². The van der Waals surface area contributed by atoms with Crippen molar-refractivity contribution >= 4 is 28.6 Å². The molecule has 0 unspecified atom stereocenters. The van der Waals surface area contributed by atoms with Crippen molar-refractivity contribution in [3.05, 3.63) is 30.1 Å². The summed E-state index contributed by atoms with van der Waals surface area (Å²) in [6, 6.07) is 6.44. The monoisotopic (exact) mass is 329 g/mol. The highest BCUT2D eigenvalue weighted by atomic mass is 32.2. The molecule has 0 fully saturated rings. The van der Waals surface area contributed by atoms with Crippen LogP contribution in [0.25, 0.3) is 10.9 Å². The molecule has 118 valence electrons. The number of rotatable bonds is 4. The van der Waals surface area contributed by atoms with Crippen LogP contribution in [0, 0.1) is 0 Å². The Hall–Kier alpha value is -1.83. The molecule has 0 aliphatic heterocycles. The van der Waals surface area contributed by atoms with Crippen LogP contribution in [0.15, 0.2) is 29.3 Å². The largest absolute Gasteiger partial charge is 0.451 e. The SMILES string of the molecule is CCNC(=O)[C@H](C)Sc1nc(C(F)(F)F)nc2ccccc12. The number of thioether (sulfide) groups is 1. The summed E-state index contributed by atoms with van der Waals surface area (Å²) in [5, 5.41) is 2.72. The number of fused-ring (bicyclic) bond motifs is 1. The normalized spacial score (nSPS) is 13.1. The molecule has 0 aliphatic rings. The first kappa shape index (κ1) is 16.5. The van der Waals surface area contributed by atoms with Gasteiger partial charge < -0.3 is 5.32 Å². The number of hydrogen-bond donors (Lipinski definition) is 1.